The summed E-state index contributed by atoms with van der Waals surface area (Å²) in [6.45, 7) is 3.48. The fraction of sp³-hybridized carbons (Fsp3) is 0.333. The lowest BCUT2D eigenvalue weighted by molar-refractivity contribution is 0.181. The van der Waals surface area contributed by atoms with Crippen molar-refractivity contribution in [3.8, 4) is 11.4 Å². The number of hydrogen-bond acceptors (Lipinski definition) is 4. The standard InChI is InChI=1S/C12H13FN2O2/c1-7-3-4-9(13)6-10(7)12-14-11(17-15-12)5-8(2)16/h3-4,6,8,16H,5H2,1-2H3. The van der Waals surface area contributed by atoms with Crippen molar-refractivity contribution in [3.05, 3.63) is 35.5 Å². The van der Waals surface area contributed by atoms with Crippen LogP contribution in [0.1, 0.15) is 18.4 Å². The summed E-state index contributed by atoms with van der Waals surface area (Å²) in [6, 6.07) is 4.41. The van der Waals surface area contributed by atoms with Gasteiger partial charge in [-0.1, -0.05) is 11.2 Å². The van der Waals surface area contributed by atoms with E-state index >= 15 is 0 Å². The second kappa shape index (κ2) is 4.63. The Bertz CT molecular complexity index is 523. The first-order valence-electron chi connectivity index (χ1n) is 5.33. The molecule has 1 aromatic carbocycles. The molecule has 0 saturated carbocycles. The van der Waals surface area contributed by atoms with Crippen LogP contribution in [0.3, 0.4) is 0 Å². The monoisotopic (exact) mass is 236 g/mol. The van der Waals surface area contributed by atoms with Gasteiger partial charge in [-0.25, -0.2) is 4.39 Å². The van der Waals surface area contributed by atoms with E-state index in [9.17, 15) is 9.50 Å². The number of benzene rings is 1. The maximum absolute atomic E-state index is 13.1. The number of aliphatic hydroxyl groups is 1. The van der Waals surface area contributed by atoms with Crippen molar-refractivity contribution < 1.29 is 14.0 Å². The highest BCUT2D eigenvalue weighted by atomic mass is 19.1. The van der Waals surface area contributed by atoms with Crippen LogP contribution in [-0.4, -0.2) is 21.4 Å². The Morgan fingerprint density at radius 2 is 2.24 bits per heavy atom. The summed E-state index contributed by atoms with van der Waals surface area (Å²) >= 11 is 0. The number of aromatic nitrogens is 2. The van der Waals surface area contributed by atoms with Gasteiger partial charge in [-0.15, -0.1) is 0 Å². The molecule has 0 amide bonds. The van der Waals surface area contributed by atoms with Crippen LogP contribution in [0.5, 0.6) is 0 Å². The zero-order valence-electron chi connectivity index (χ0n) is 9.64. The molecule has 0 spiro atoms. The molecule has 0 fully saturated rings. The summed E-state index contributed by atoms with van der Waals surface area (Å²) < 4.78 is 18.1. The Balaban J connectivity index is 2.33. The number of halogens is 1. The van der Waals surface area contributed by atoms with E-state index in [0.717, 1.165) is 5.56 Å². The summed E-state index contributed by atoms with van der Waals surface area (Å²) in [4.78, 5) is 4.12. The fourth-order valence-electron chi connectivity index (χ4n) is 1.54. The minimum atomic E-state index is -0.545. The summed E-state index contributed by atoms with van der Waals surface area (Å²) in [5, 5.41) is 13.0. The van der Waals surface area contributed by atoms with Gasteiger partial charge < -0.3 is 9.63 Å². The molecule has 0 radical (unpaired) electrons. The maximum atomic E-state index is 13.1. The largest absolute Gasteiger partial charge is 0.393 e. The summed E-state index contributed by atoms with van der Waals surface area (Å²) in [5.41, 5.74) is 1.47. The maximum Gasteiger partial charge on any atom is 0.229 e. The zero-order chi connectivity index (χ0) is 12.4. The molecule has 0 aliphatic rings. The number of nitrogens with zero attached hydrogens (tertiary/aromatic N) is 2. The Hall–Kier alpha value is -1.75. The van der Waals surface area contributed by atoms with Gasteiger partial charge in [0.25, 0.3) is 0 Å². The van der Waals surface area contributed by atoms with Gasteiger partial charge in [-0.3, -0.25) is 0 Å². The van der Waals surface area contributed by atoms with Crippen molar-refractivity contribution in [2.45, 2.75) is 26.4 Å². The van der Waals surface area contributed by atoms with E-state index in [1.54, 1.807) is 13.0 Å². The van der Waals surface area contributed by atoms with Gasteiger partial charge >= 0.3 is 0 Å². The molecule has 1 aromatic heterocycles. The summed E-state index contributed by atoms with van der Waals surface area (Å²) in [5.74, 6) is 0.351. The van der Waals surface area contributed by atoms with Crippen molar-refractivity contribution in [1.82, 2.24) is 10.1 Å². The van der Waals surface area contributed by atoms with Crippen LogP contribution in [0.25, 0.3) is 11.4 Å². The van der Waals surface area contributed by atoms with Gasteiger partial charge in [-0.2, -0.15) is 4.98 Å². The first kappa shape index (κ1) is 11.7. The molecule has 0 bridgehead atoms. The predicted octanol–water partition coefficient (Wildman–Crippen LogP) is 2.11. The Kier molecular flexibility index (Phi) is 3.19. The highest BCUT2D eigenvalue weighted by Gasteiger charge is 2.12. The van der Waals surface area contributed by atoms with E-state index in [1.165, 1.54) is 12.1 Å². The van der Waals surface area contributed by atoms with Crippen LogP contribution < -0.4 is 0 Å². The average Bonchev–Trinajstić information content (AvgIpc) is 2.69. The summed E-state index contributed by atoms with van der Waals surface area (Å²) in [6.07, 6.45) is -0.252. The van der Waals surface area contributed by atoms with Crippen molar-refractivity contribution in [1.29, 1.82) is 0 Å². The average molecular weight is 236 g/mol. The molecule has 0 saturated heterocycles. The van der Waals surface area contributed by atoms with Gasteiger partial charge in [0.05, 0.1) is 12.5 Å². The second-order valence-electron chi connectivity index (χ2n) is 4.02. The van der Waals surface area contributed by atoms with Gasteiger partial charge in [0.1, 0.15) is 5.82 Å². The lowest BCUT2D eigenvalue weighted by Crippen LogP contribution is -2.04. The third-order valence-corrected chi connectivity index (χ3v) is 2.38. The first-order valence-corrected chi connectivity index (χ1v) is 5.33. The number of rotatable bonds is 3. The van der Waals surface area contributed by atoms with Crippen LogP contribution in [0.2, 0.25) is 0 Å². The molecule has 1 unspecified atom stereocenters. The number of aryl methyl sites for hydroxylation is 1. The molecular weight excluding hydrogens is 223 g/mol. The molecule has 2 rings (SSSR count). The topological polar surface area (TPSA) is 59.2 Å². The molecule has 90 valence electrons. The Morgan fingerprint density at radius 3 is 2.94 bits per heavy atom. The van der Waals surface area contributed by atoms with E-state index in [2.05, 4.69) is 10.1 Å². The SMILES string of the molecule is Cc1ccc(F)cc1-c1noc(CC(C)O)n1. The summed E-state index contributed by atoms with van der Waals surface area (Å²) in [7, 11) is 0. The molecule has 1 N–H and O–H groups in total. The van der Waals surface area contributed by atoms with Crippen LogP contribution >= 0.6 is 0 Å². The van der Waals surface area contributed by atoms with Gasteiger partial charge in [-0.05, 0) is 31.5 Å². The van der Waals surface area contributed by atoms with E-state index < -0.39 is 6.10 Å². The van der Waals surface area contributed by atoms with E-state index in [4.69, 9.17) is 4.52 Å². The normalized spacial score (nSPS) is 12.7. The lowest BCUT2D eigenvalue weighted by Gasteiger charge is -2.00. The molecule has 0 aliphatic heterocycles. The highest BCUT2D eigenvalue weighted by Crippen LogP contribution is 2.21. The zero-order valence-corrected chi connectivity index (χ0v) is 9.64. The third kappa shape index (κ3) is 2.68. The minimum absolute atomic E-state index is 0.293. The molecule has 4 nitrogen and oxygen atoms in total. The van der Waals surface area contributed by atoms with Gasteiger partial charge in [0.2, 0.25) is 11.7 Å². The van der Waals surface area contributed by atoms with Crippen molar-refractivity contribution in [2.75, 3.05) is 0 Å². The van der Waals surface area contributed by atoms with E-state index in [0.29, 0.717) is 23.7 Å². The highest BCUT2D eigenvalue weighted by molar-refractivity contribution is 5.59. The van der Waals surface area contributed by atoms with E-state index in [-0.39, 0.29) is 5.82 Å². The molecule has 5 heteroatoms. The number of hydrogen-bond donors (Lipinski definition) is 1. The van der Waals surface area contributed by atoms with Crippen LogP contribution in [0, 0.1) is 12.7 Å². The quantitative estimate of drug-likeness (QED) is 0.886. The minimum Gasteiger partial charge on any atom is -0.393 e. The Morgan fingerprint density at radius 1 is 1.47 bits per heavy atom. The second-order valence-corrected chi connectivity index (χ2v) is 4.02. The third-order valence-electron chi connectivity index (χ3n) is 2.38. The predicted molar refractivity (Wildman–Crippen MR) is 59.8 cm³/mol. The van der Waals surface area contributed by atoms with Crippen molar-refractivity contribution >= 4 is 0 Å². The fourth-order valence-corrected chi connectivity index (χ4v) is 1.54. The molecule has 0 aliphatic carbocycles. The molecule has 1 atom stereocenters. The first-order chi connectivity index (χ1) is 8.06. The van der Waals surface area contributed by atoms with Crippen LogP contribution in [-0.2, 0) is 6.42 Å². The molecular formula is C12H13FN2O2. The van der Waals surface area contributed by atoms with Crippen LogP contribution in [0.15, 0.2) is 22.7 Å². The van der Waals surface area contributed by atoms with Crippen molar-refractivity contribution in [2.24, 2.45) is 0 Å². The lowest BCUT2D eigenvalue weighted by atomic mass is 10.1. The van der Waals surface area contributed by atoms with Gasteiger partial charge in [0.15, 0.2) is 0 Å². The van der Waals surface area contributed by atoms with Crippen molar-refractivity contribution in [3.63, 3.8) is 0 Å². The smallest absolute Gasteiger partial charge is 0.229 e. The molecule has 2 aromatic rings. The van der Waals surface area contributed by atoms with Gasteiger partial charge in [0, 0.05) is 5.56 Å². The molecule has 17 heavy (non-hydrogen) atoms. The number of aliphatic hydroxyl groups excluding tert-OH is 1. The molecule has 1 heterocycles. The van der Waals surface area contributed by atoms with Crippen LogP contribution in [0.4, 0.5) is 4.39 Å². The van der Waals surface area contributed by atoms with E-state index in [1.807, 2.05) is 6.92 Å². The Labute approximate surface area is 98.1 Å².